The minimum absolute atomic E-state index is 0.216. The fourth-order valence-corrected chi connectivity index (χ4v) is 6.68. The van der Waals surface area contributed by atoms with E-state index in [0.29, 0.717) is 24.5 Å². The number of hydrogen-bond acceptors (Lipinski definition) is 6. The van der Waals surface area contributed by atoms with E-state index in [4.69, 9.17) is 9.73 Å². The monoisotopic (exact) mass is 556 g/mol. The summed E-state index contributed by atoms with van der Waals surface area (Å²) in [5.41, 5.74) is 6.99. The van der Waals surface area contributed by atoms with E-state index >= 15 is 0 Å². The van der Waals surface area contributed by atoms with E-state index < -0.39 is 0 Å². The molecular weight excluding hydrogens is 512 g/mol. The van der Waals surface area contributed by atoms with Gasteiger partial charge in [0.1, 0.15) is 11.2 Å². The van der Waals surface area contributed by atoms with Crippen molar-refractivity contribution in [2.75, 3.05) is 37.0 Å². The second-order valence-electron chi connectivity index (χ2n) is 11.3. The van der Waals surface area contributed by atoms with Crippen molar-refractivity contribution >= 4 is 23.5 Å². The number of carbonyl (C=O) groups excluding carboxylic acids is 1. The third kappa shape index (κ3) is 5.89. The van der Waals surface area contributed by atoms with Crippen LogP contribution in [0.2, 0.25) is 0 Å². The van der Waals surface area contributed by atoms with E-state index in [9.17, 15) is 4.79 Å². The van der Waals surface area contributed by atoms with E-state index in [1.54, 1.807) is 7.11 Å². The van der Waals surface area contributed by atoms with Gasteiger partial charge in [-0.05, 0) is 57.4 Å². The number of methoxy groups -OCH3 is 1. The third-order valence-corrected chi connectivity index (χ3v) is 8.91. The van der Waals surface area contributed by atoms with Crippen LogP contribution in [0, 0.1) is 0 Å². The molecule has 8 heteroatoms. The van der Waals surface area contributed by atoms with Gasteiger partial charge in [0.2, 0.25) is 5.91 Å². The molecule has 1 aromatic heterocycles. The summed E-state index contributed by atoms with van der Waals surface area (Å²) in [7, 11) is 3.78. The van der Waals surface area contributed by atoms with E-state index in [2.05, 4.69) is 76.4 Å². The van der Waals surface area contributed by atoms with Gasteiger partial charge < -0.3 is 19.5 Å². The maximum absolute atomic E-state index is 12.5. The minimum atomic E-state index is -0.216. The van der Waals surface area contributed by atoms with Crippen LogP contribution in [0.3, 0.4) is 0 Å². The molecule has 1 amide bonds. The fourth-order valence-electron chi connectivity index (χ4n) is 6.68. The zero-order valence-electron chi connectivity index (χ0n) is 25.2. The van der Waals surface area contributed by atoms with E-state index in [0.717, 1.165) is 71.9 Å². The first kappa shape index (κ1) is 28.9. The number of carbonyl (C=O) groups is 1. The summed E-state index contributed by atoms with van der Waals surface area (Å²) in [5, 5.41) is 3.09. The summed E-state index contributed by atoms with van der Waals surface area (Å²) in [6, 6.07) is 9.93. The zero-order valence-corrected chi connectivity index (χ0v) is 25.2. The standard InChI is InChI=1S/C33H44N6O2/c1-7-22(4)39-26-12-13-27(39)21-38(20-26)30-18-31(41-6)24(17-28(30)36-33(40)8-2)16-25-11-14-29-23(19-35-25)10-15-32(34-9-3)37(29)5/h8,10-11,15,17-19,22,26-27H,2,7,9,12-14,16,20-21H2,1,3-6H3,(H,36,40). The molecule has 1 N–H and O–H groups in total. The quantitative estimate of drug-likeness (QED) is 0.457. The summed E-state index contributed by atoms with van der Waals surface area (Å²) < 4.78 is 8.09. The number of piperazine rings is 1. The van der Waals surface area contributed by atoms with Gasteiger partial charge >= 0.3 is 0 Å². The highest BCUT2D eigenvalue weighted by atomic mass is 16.5. The number of nitrogens with one attached hydrogen (secondary N) is 1. The molecule has 2 saturated heterocycles. The lowest BCUT2D eigenvalue weighted by Gasteiger charge is -2.45. The van der Waals surface area contributed by atoms with Crippen LogP contribution in [-0.4, -0.2) is 66.5 Å². The maximum Gasteiger partial charge on any atom is 0.247 e. The van der Waals surface area contributed by atoms with E-state index in [1.165, 1.54) is 24.6 Å². The van der Waals surface area contributed by atoms with Gasteiger partial charge in [0.05, 0.1) is 18.5 Å². The van der Waals surface area contributed by atoms with Crippen LogP contribution >= 0.6 is 0 Å². The second kappa shape index (κ2) is 12.5. The minimum Gasteiger partial charge on any atom is -0.496 e. The Morgan fingerprint density at radius 3 is 2.66 bits per heavy atom. The summed E-state index contributed by atoms with van der Waals surface area (Å²) in [6.45, 7) is 13.0. The van der Waals surface area contributed by atoms with Crippen molar-refractivity contribution in [3.8, 4) is 5.75 Å². The summed E-state index contributed by atoms with van der Waals surface area (Å²) in [6.07, 6.45) is 10.4. The largest absolute Gasteiger partial charge is 0.496 e. The maximum atomic E-state index is 12.5. The average Bonchev–Trinajstić information content (AvgIpc) is 3.12. The summed E-state index contributed by atoms with van der Waals surface area (Å²) in [4.78, 5) is 27.1. The van der Waals surface area contributed by atoms with Crippen LogP contribution in [0.1, 0.15) is 56.9 Å². The number of benzene rings is 1. The Balaban J connectivity index is 1.45. The van der Waals surface area contributed by atoms with Crippen molar-refractivity contribution in [3.63, 3.8) is 0 Å². The SMILES string of the molecule is C=CC(=O)Nc1cc(CC2=CCc3c(ccc(=NCC)n3C)C=N2)c(OC)cc1N1CC2CCC(C1)N2C(C)CC. The highest BCUT2D eigenvalue weighted by Crippen LogP contribution is 2.40. The molecule has 0 aliphatic carbocycles. The highest BCUT2D eigenvalue weighted by Gasteiger charge is 2.42. The molecule has 4 heterocycles. The van der Waals surface area contributed by atoms with Crippen molar-refractivity contribution in [1.82, 2.24) is 9.47 Å². The molecule has 5 rings (SSSR count). The van der Waals surface area contributed by atoms with Crippen LogP contribution in [0.5, 0.6) is 5.75 Å². The number of aromatic nitrogens is 1. The number of rotatable bonds is 9. The Morgan fingerprint density at radius 2 is 2.00 bits per heavy atom. The molecule has 218 valence electrons. The smallest absolute Gasteiger partial charge is 0.247 e. The summed E-state index contributed by atoms with van der Waals surface area (Å²) in [5.74, 6) is 0.590. The molecule has 3 unspecified atom stereocenters. The molecule has 3 aliphatic heterocycles. The lowest BCUT2D eigenvalue weighted by Crippen LogP contribution is -2.56. The number of nitrogens with zero attached hydrogens (tertiary/aromatic N) is 5. The first-order valence-electron chi connectivity index (χ1n) is 15.0. The molecule has 3 aliphatic rings. The van der Waals surface area contributed by atoms with Crippen molar-refractivity contribution in [3.05, 3.63) is 71.0 Å². The van der Waals surface area contributed by atoms with Crippen molar-refractivity contribution in [1.29, 1.82) is 0 Å². The topological polar surface area (TPSA) is 74.5 Å². The van der Waals surface area contributed by atoms with Gasteiger partial charge in [-0.15, -0.1) is 0 Å². The molecule has 2 aromatic rings. The zero-order chi connectivity index (χ0) is 29.1. The van der Waals surface area contributed by atoms with Gasteiger partial charge in [0, 0.05) is 92.4 Å². The normalized spacial score (nSPS) is 21.2. The van der Waals surface area contributed by atoms with Crippen LogP contribution < -0.4 is 20.4 Å². The molecule has 3 atom stereocenters. The lowest BCUT2D eigenvalue weighted by atomic mass is 10.0. The van der Waals surface area contributed by atoms with Gasteiger partial charge in [0.25, 0.3) is 0 Å². The fraction of sp³-hybridized carbons (Fsp3) is 0.485. The molecule has 41 heavy (non-hydrogen) atoms. The Morgan fingerprint density at radius 1 is 1.24 bits per heavy atom. The molecular formula is C33H44N6O2. The van der Waals surface area contributed by atoms with Crippen LogP contribution in [0.25, 0.3) is 0 Å². The molecule has 0 spiro atoms. The average molecular weight is 557 g/mol. The first-order chi connectivity index (χ1) is 19.9. The molecule has 0 radical (unpaired) electrons. The van der Waals surface area contributed by atoms with Crippen LogP contribution in [0.4, 0.5) is 11.4 Å². The molecule has 8 nitrogen and oxygen atoms in total. The third-order valence-electron chi connectivity index (χ3n) is 8.91. The number of fused-ring (bicyclic) bond motifs is 3. The predicted octanol–water partition coefficient (Wildman–Crippen LogP) is 4.63. The number of aliphatic imine (C=N–C) groups is 1. The Bertz CT molecular complexity index is 1420. The number of pyridine rings is 1. The van der Waals surface area contributed by atoms with Crippen molar-refractivity contribution < 1.29 is 9.53 Å². The number of anilines is 2. The number of ether oxygens (including phenoxy) is 1. The predicted molar refractivity (Wildman–Crippen MR) is 167 cm³/mol. The molecule has 2 bridgehead atoms. The number of allylic oxidation sites excluding steroid dienone is 2. The second-order valence-corrected chi connectivity index (χ2v) is 11.3. The Kier molecular flexibility index (Phi) is 8.78. The van der Waals surface area contributed by atoms with Crippen LogP contribution in [0.15, 0.2) is 58.7 Å². The Hall–Kier alpha value is -3.65. The van der Waals surface area contributed by atoms with Crippen molar-refractivity contribution in [2.24, 2.45) is 17.0 Å². The lowest BCUT2D eigenvalue weighted by molar-refractivity contribution is -0.111. The molecule has 2 fully saturated rings. The van der Waals surface area contributed by atoms with E-state index in [1.807, 2.05) is 19.2 Å². The molecule has 1 aromatic carbocycles. The van der Waals surface area contributed by atoms with Gasteiger partial charge in [-0.25, -0.2) is 0 Å². The van der Waals surface area contributed by atoms with Gasteiger partial charge in [-0.1, -0.05) is 19.6 Å². The number of hydrogen-bond donors (Lipinski definition) is 1. The van der Waals surface area contributed by atoms with Gasteiger partial charge in [0.15, 0.2) is 0 Å². The Labute approximate surface area is 244 Å². The summed E-state index contributed by atoms with van der Waals surface area (Å²) >= 11 is 0. The van der Waals surface area contributed by atoms with Gasteiger partial charge in [-0.3, -0.25) is 19.7 Å². The number of amides is 1. The van der Waals surface area contributed by atoms with E-state index in [-0.39, 0.29) is 5.91 Å². The van der Waals surface area contributed by atoms with Crippen LogP contribution in [-0.2, 0) is 24.7 Å². The highest BCUT2D eigenvalue weighted by molar-refractivity contribution is 6.01. The van der Waals surface area contributed by atoms with Gasteiger partial charge in [-0.2, -0.15) is 0 Å². The molecule has 0 saturated carbocycles. The first-order valence-corrected chi connectivity index (χ1v) is 15.0. The van der Waals surface area contributed by atoms with Crippen molar-refractivity contribution in [2.45, 2.75) is 71.0 Å².